The molecule has 1 heteroatoms. The molecule has 0 heterocycles. The molecule has 72 valence electrons. The second-order valence-electron chi connectivity index (χ2n) is 5.03. The fraction of sp³-hybridized carbons (Fsp3) is 1.00. The van der Waals surface area contributed by atoms with Crippen molar-refractivity contribution in [3.05, 3.63) is 0 Å². The van der Waals surface area contributed by atoms with Crippen LogP contribution in [0.2, 0.25) is 0 Å². The summed E-state index contributed by atoms with van der Waals surface area (Å²) in [6.07, 6.45) is 2.88. The van der Waals surface area contributed by atoms with Crippen LogP contribution in [0.15, 0.2) is 0 Å². The van der Waals surface area contributed by atoms with Gasteiger partial charge in [0.05, 0.1) is 11.7 Å². The molecule has 0 N–H and O–H groups in total. The van der Waals surface area contributed by atoms with Gasteiger partial charge in [-0.05, 0) is 45.4 Å². The second-order valence-corrected chi connectivity index (χ2v) is 5.03. The van der Waals surface area contributed by atoms with Crippen molar-refractivity contribution >= 4 is 0 Å². The Morgan fingerprint density at radius 3 is 2.00 bits per heavy atom. The molecule has 0 aliphatic heterocycles. The van der Waals surface area contributed by atoms with Crippen molar-refractivity contribution in [1.29, 1.82) is 0 Å². The molecule has 12 heavy (non-hydrogen) atoms. The molecule has 0 saturated heterocycles. The highest BCUT2D eigenvalue weighted by Gasteiger charge is 2.42. The molecule has 0 radical (unpaired) electrons. The van der Waals surface area contributed by atoms with E-state index in [0.29, 0.717) is 6.10 Å². The molecule has 0 aromatic carbocycles. The number of hydrogen-bond acceptors (Lipinski definition) is 1. The van der Waals surface area contributed by atoms with Crippen molar-refractivity contribution in [3.63, 3.8) is 0 Å². The fourth-order valence-corrected chi connectivity index (χ4v) is 2.19. The molecular weight excluding hydrogens is 148 g/mol. The highest BCUT2D eigenvalue weighted by molar-refractivity contribution is 4.93. The fourth-order valence-electron chi connectivity index (χ4n) is 2.19. The molecule has 0 bridgehead atoms. The Bertz CT molecular complexity index is 143. The highest BCUT2D eigenvalue weighted by Crippen LogP contribution is 2.44. The molecule has 0 atom stereocenters. The monoisotopic (exact) mass is 170 g/mol. The minimum absolute atomic E-state index is 0.198. The lowest BCUT2D eigenvalue weighted by molar-refractivity contribution is -0.149. The summed E-state index contributed by atoms with van der Waals surface area (Å²) in [5.41, 5.74) is 0.198. The number of ether oxygens (including phenoxy) is 1. The molecule has 0 spiro atoms. The summed E-state index contributed by atoms with van der Waals surface area (Å²) in [5.74, 6) is 1.72. The maximum atomic E-state index is 5.85. The van der Waals surface area contributed by atoms with Gasteiger partial charge in [0.2, 0.25) is 0 Å². The van der Waals surface area contributed by atoms with Crippen LogP contribution in [0.25, 0.3) is 0 Å². The van der Waals surface area contributed by atoms with E-state index in [4.69, 9.17) is 4.74 Å². The Kier molecular flexibility index (Phi) is 2.82. The van der Waals surface area contributed by atoms with E-state index in [2.05, 4.69) is 34.6 Å². The van der Waals surface area contributed by atoms with E-state index in [1.54, 1.807) is 0 Å². The Morgan fingerprint density at radius 1 is 1.17 bits per heavy atom. The van der Waals surface area contributed by atoms with E-state index in [1.807, 2.05) is 0 Å². The maximum Gasteiger partial charge on any atom is 0.0663 e. The molecule has 0 unspecified atom stereocenters. The lowest BCUT2D eigenvalue weighted by atomic mass is 9.67. The summed E-state index contributed by atoms with van der Waals surface area (Å²) >= 11 is 0. The summed E-state index contributed by atoms with van der Waals surface area (Å²) in [5, 5.41) is 0. The molecule has 0 aromatic heterocycles. The molecule has 1 aliphatic rings. The van der Waals surface area contributed by atoms with Gasteiger partial charge >= 0.3 is 0 Å². The zero-order valence-electron chi connectivity index (χ0n) is 9.05. The van der Waals surface area contributed by atoms with Crippen LogP contribution in [-0.4, -0.2) is 11.7 Å². The zero-order valence-corrected chi connectivity index (χ0v) is 9.05. The summed E-state index contributed by atoms with van der Waals surface area (Å²) < 4.78 is 5.85. The van der Waals surface area contributed by atoms with E-state index in [-0.39, 0.29) is 5.60 Å². The molecule has 1 aliphatic carbocycles. The van der Waals surface area contributed by atoms with Crippen molar-refractivity contribution in [2.45, 2.75) is 59.2 Å². The molecule has 0 aromatic rings. The summed E-state index contributed by atoms with van der Waals surface area (Å²) in [4.78, 5) is 0. The predicted molar refractivity (Wildman–Crippen MR) is 52.2 cm³/mol. The molecule has 0 amide bonds. The second kappa shape index (κ2) is 3.37. The van der Waals surface area contributed by atoms with Crippen molar-refractivity contribution in [2.24, 2.45) is 11.8 Å². The third-order valence-corrected chi connectivity index (χ3v) is 2.85. The summed E-state index contributed by atoms with van der Waals surface area (Å²) in [6.45, 7) is 11.1. The van der Waals surface area contributed by atoms with E-state index < -0.39 is 0 Å². The van der Waals surface area contributed by atoms with E-state index in [9.17, 15) is 0 Å². The summed E-state index contributed by atoms with van der Waals surface area (Å²) in [7, 11) is 0. The van der Waals surface area contributed by atoms with Crippen LogP contribution < -0.4 is 0 Å². The normalized spacial score (nSPS) is 35.8. The van der Waals surface area contributed by atoms with Crippen LogP contribution in [0.1, 0.15) is 47.5 Å². The van der Waals surface area contributed by atoms with Crippen LogP contribution in [0.5, 0.6) is 0 Å². The van der Waals surface area contributed by atoms with Gasteiger partial charge < -0.3 is 4.74 Å². The van der Waals surface area contributed by atoms with Crippen LogP contribution in [0.4, 0.5) is 0 Å². The van der Waals surface area contributed by atoms with Gasteiger partial charge in [-0.3, -0.25) is 0 Å². The summed E-state index contributed by atoms with van der Waals surface area (Å²) in [6, 6.07) is 0. The first-order chi connectivity index (χ1) is 5.43. The van der Waals surface area contributed by atoms with Gasteiger partial charge in [0.15, 0.2) is 0 Å². The first-order valence-corrected chi connectivity index (χ1v) is 5.11. The first kappa shape index (κ1) is 10.0. The number of rotatable bonds is 3. The van der Waals surface area contributed by atoms with Gasteiger partial charge in [-0.2, -0.15) is 0 Å². The average molecular weight is 170 g/mol. The van der Waals surface area contributed by atoms with Crippen LogP contribution in [0.3, 0.4) is 0 Å². The van der Waals surface area contributed by atoms with E-state index >= 15 is 0 Å². The smallest absolute Gasteiger partial charge is 0.0663 e. The molecule has 1 fully saturated rings. The van der Waals surface area contributed by atoms with E-state index in [1.165, 1.54) is 12.8 Å². The third-order valence-electron chi connectivity index (χ3n) is 2.85. The largest absolute Gasteiger partial charge is 0.373 e. The Balaban J connectivity index is 2.30. The van der Waals surface area contributed by atoms with Gasteiger partial charge in [-0.1, -0.05) is 13.8 Å². The molecule has 1 rings (SSSR count). The highest BCUT2D eigenvalue weighted by atomic mass is 16.5. The first-order valence-electron chi connectivity index (χ1n) is 5.11. The van der Waals surface area contributed by atoms with Gasteiger partial charge in [0.1, 0.15) is 0 Å². The lowest BCUT2D eigenvalue weighted by Crippen LogP contribution is -2.46. The SMILES string of the molecule is CC(C)OC1(C)CC(C(C)C)C1. The van der Waals surface area contributed by atoms with Gasteiger partial charge in [0.25, 0.3) is 0 Å². The zero-order chi connectivity index (χ0) is 9.35. The van der Waals surface area contributed by atoms with Crippen molar-refractivity contribution < 1.29 is 4.74 Å². The molecule has 1 nitrogen and oxygen atoms in total. The van der Waals surface area contributed by atoms with Crippen LogP contribution in [0, 0.1) is 11.8 Å². The minimum Gasteiger partial charge on any atom is -0.373 e. The van der Waals surface area contributed by atoms with Crippen molar-refractivity contribution in [1.82, 2.24) is 0 Å². The topological polar surface area (TPSA) is 9.23 Å². The standard InChI is InChI=1S/C11H22O/c1-8(2)10-6-11(5,7-10)12-9(3)4/h8-10H,6-7H2,1-5H3. The minimum atomic E-state index is 0.198. The van der Waals surface area contributed by atoms with Gasteiger partial charge in [0, 0.05) is 0 Å². The third kappa shape index (κ3) is 2.22. The Hall–Kier alpha value is -0.0400. The Morgan fingerprint density at radius 2 is 1.67 bits per heavy atom. The maximum absolute atomic E-state index is 5.85. The molecule has 1 saturated carbocycles. The lowest BCUT2D eigenvalue weighted by Gasteiger charge is -2.47. The van der Waals surface area contributed by atoms with Gasteiger partial charge in [-0.15, -0.1) is 0 Å². The number of hydrogen-bond donors (Lipinski definition) is 0. The van der Waals surface area contributed by atoms with Crippen molar-refractivity contribution in [2.75, 3.05) is 0 Å². The van der Waals surface area contributed by atoms with E-state index in [0.717, 1.165) is 11.8 Å². The van der Waals surface area contributed by atoms with Crippen LogP contribution in [-0.2, 0) is 4.74 Å². The van der Waals surface area contributed by atoms with Gasteiger partial charge in [-0.25, -0.2) is 0 Å². The van der Waals surface area contributed by atoms with Crippen molar-refractivity contribution in [3.8, 4) is 0 Å². The predicted octanol–water partition coefficient (Wildman–Crippen LogP) is 3.24. The molecular formula is C11H22O. The Labute approximate surface area is 76.5 Å². The average Bonchev–Trinajstić information content (AvgIpc) is 1.80. The van der Waals surface area contributed by atoms with Crippen LogP contribution >= 0.6 is 0 Å². The quantitative estimate of drug-likeness (QED) is 0.632.